The van der Waals surface area contributed by atoms with E-state index in [2.05, 4.69) is 26.0 Å². The van der Waals surface area contributed by atoms with Crippen LogP contribution in [0.5, 0.6) is 0 Å². The first-order valence-electron chi connectivity index (χ1n) is 12.5. The lowest BCUT2D eigenvalue weighted by Gasteiger charge is -2.36. The zero-order valence-electron chi connectivity index (χ0n) is 20.9. The van der Waals surface area contributed by atoms with Crippen molar-refractivity contribution in [2.45, 2.75) is 32.0 Å². The number of benzene rings is 1. The highest BCUT2D eigenvalue weighted by molar-refractivity contribution is 6.08. The summed E-state index contributed by atoms with van der Waals surface area (Å²) in [4.78, 5) is 32.6. The molecule has 1 atom stereocenters. The molecule has 3 aromatic rings. The summed E-state index contributed by atoms with van der Waals surface area (Å²) in [6, 6.07) is 5.77. The van der Waals surface area contributed by atoms with Crippen LogP contribution in [0.4, 0.5) is 30.4 Å². The smallest absolute Gasteiger partial charge is 0.368 e. The normalized spacial score (nSPS) is 18.5. The number of hydrogen-bond acceptors (Lipinski definition) is 7. The molecular formula is C25H29F3N8O2. The summed E-state index contributed by atoms with van der Waals surface area (Å²) in [6.07, 6.45) is 0.272. The lowest BCUT2D eigenvalue weighted by atomic mass is 10.1. The molecule has 202 valence electrons. The average Bonchev–Trinajstić information content (AvgIpc) is 3.32. The number of piperidine rings is 1. The van der Waals surface area contributed by atoms with Gasteiger partial charge in [-0.2, -0.15) is 18.3 Å². The van der Waals surface area contributed by atoms with Crippen molar-refractivity contribution in [3.63, 3.8) is 0 Å². The van der Waals surface area contributed by atoms with Crippen molar-refractivity contribution < 1.29 is 22.8 Å². The van der Waals surface area contributed by atoms with Crippen LogP contribution in [0.3, 0.4) is 0 Å². The molecule has 0 aliphatic carbocycles. The number of aromatic nitrogens is 3. The minimum Gasteiger partial charge on any atom is -0.368 e. The zero-order valence-corrected chi connectivity index (χ0v) is 20.9. The summed E-state index contributed by atoms with van der Waals surface area (Å²) in [6.45, 7) is 4.95. The van der Waals surface area contributed by atoms with Crippen LogP contribution in [-0.4, -0.2) is 76.6 Å². The number of hydrogen-bond donors (Lipinski definition) is 3. The Morgan fingerprint density at radius 3 is 2.61 bits per heavy atom. The summed E-state index contributed by atoms with van der Waals surface area (Å²) in [7, 11) is 0. The van der Waals surface area contributed by atoms with Gasteiger partial charge in [0.1, 0.15) is 11.4 Å². The molecule has 38 heavy (non-hydrogen) atoms. The summed E-state index contributed by atoms with van der Waals surface area (Å²) in [5.74, 6) is -0.238. The molecule has 0 radical (unpaired) electrons. The van der Waals surface area contributed by atoms with E-state index in [4.69, 9.17) is 0 Å². The summed E-state index contributed by atoms with van der Waals surface area (Å²) in [5.41, 5.74) is -0.619. The Hall–Kier alpha value is -3.87. The summed E-state index contributed by atoms with van der Waals surface area (Å²) < 4.78 is 43.5. The first kappa shape index (κ1) is 25.8. The number of rotatable bonds is 5. The third kappa shape index (κ3) is 5.52. The number of nitrogens with one attached hydrogen (secondary N) is 3. The number of fused-ring (bicyclic) bond motifs is 1. The third-order valence-corrected chi connectivity index (χ3v) is 6.91. The molecule has 2 amide bonds. The second kappa shape index (κ2) is 10.5. The molecular weight excluding hydrogens is 501 g/mol. The van der Waals surface area contributed by atoms with Gasteiger partial charge in [-0.3, -0.25) is 9.59 Å². The maximum Gasteiger partial charge on any atom is 0.418 e. The third-order valence-electron chi connectivity index (χ3n) is 6.91. The molecule has 0 saturated carbocycles. The first-order chi connectivity index (χ1) is 18.2. The van der Waals surface area contributed by atoms with Crippen molar-refractivity contribution in [3.8, 4) is 0 Å². The van der Waals surface area contributed by atoms with Gasteiger partial charge < -0.3 is 25.8 Å². The Labute approximate surface area is 217 Å². The lowest BCUT2D eigenvalue weighted by Crippen LogP contribution is -2.48. The van der Waals surface area contributed by atoms with Gasteiger partial charge in [-0.05, 0) is 43.7 Å². The van der Waals surface area contributed by atoms with Crippen LogP contribution in [0.1, 0.15) is 35.7 Å². The number of halogens is 3. The predicted molar refractivity (Wildman–Crippen MR) is 136 cm³/mol. The molecule has 1 aromatic carbocycles. The SMILES string of the molecule is CC(=O)N1CCN(c2ccc(NC(=O)c3cnn4ccc(N[C@@H]5CCCNC5)nc34)c(C(F)(F)F)c2)CC1. The van der Waals surface area contributed by atoms with Gasteiger partial charge in [0.15, 0.2) is 5.65 Å². The largest absolute Gasteiger partial charge is 0.418 e. The van der Waals surface area contributed by atoms with Crippen LogP contribution in [0.15, 0.2) is 36.7 Å². The molecule has 0 spiro atoms. The van der Waals surface area contributed by atoms with E-state index >= 15 is 0 Å². The molecule has 10 nitrogen and oxygen atoms in total. The van der Waals surface area contributed by atoms with Gasteiger partial charge in [0.2, 0.25) is 5.91 Å². The van der Waals surface area contributed by atoms with Crippen molar-refractivity contribution in [1.82, 2.24) is 24.8 Å². The Morgan fingerprint density at radius 1 is 1.13 bits per heavy atom. The fourth-order valence-corrected chi connectivity index (χ4v) is 4.84. The molecule has 2 aliphatic rings. The molecule has 2 aliphatic heterocycles. The van der Waals surface area contributed by atoms with Crippen molar-refractivity contribution in [3.05, 3.63) is 47.8 Å². The average molecular weight is 531 g/mol. The van der Waals surface area contributed by atoms with Gasteiger partial charge in [-0.1, -0.05) is 0 Å². The van der Waals surface area contributed by atoms with E-state index in [1.807, 2.05) is 0 Å². The summed E-state index contributed by atoms with van der Waals surface area (Å²) in [5, 5.41) is 13.2. The van der Waals surface area contributed by atoms with E-state index in [1.165, 1.54) is 23.7 Å². The standard InChI is InChI=1S/C25H29F3N8O2/c1-16(37)34-9-11-35(12-10-34)18-4-5-21(20(13-18)25(26,27)28)32-24(38)19-15-30-36-8-6-22(33-23(19)36)31-17-3-2-7-29-14-17/h4-6,8,13,15,17,29H,2-3,7,9-12,14H2,1H3,(H,31,33)(H,32,38)/t17-/m1/s1. The van der Waals surface area contributed by atoms with E-state index in [0.717, 1.165) is 32.0 Å². The minimum atomic E-state index is -4.69. The quantitative estimate of drug-likeness (QED) is 0.466. The van der Waals surface area contributed by atoms with Crippen LogP contribution in [0, 0.1) is 0 Å². The molecule has 4 heterocycles. The molecule has 2 saturated heterocycles. The van der Waals surface area contributed by atoms with Crippen LogP contribution in [0.2, 0.25) is 0 Å². The molecule has 0 bridgehead atoms. The van der Waals surface area contributed by atoms with Crippen LogP contribution in [0.25, 0.3) is 5.65 Å². The van der Waals surface area contributed by atoms with Gasteiger partial charge in [0, 0.05) is 57.6 Å². The highest BCUT2D eigenvalue weighted by atomic mass is 19.4. The summed E-state index contributed by atoms with van der Waals surface area (Å²) >= 11 is 0. The number of alkyl halides is 3. The van der Waals surface area contributed by atoms with E-state index in [1.54, 1.807) is 28.1 Å². The van der Waals surface area contributed by atoms with Crippen LogP contribution in [-0.2, 0) is 11.0 Å². The van der Waals surface area contributed by atoms with Gasteiger partial charge in [-0.25, -0.2) is 9.50 Å². The molecule has 2 fully saturated rings. The Bertz CT molecular complexity index is 1330. The van der Waals surface area contributed by atoms with Crippen molar-refractivity contribution in [2.24, 2.45) is 0 Å². The van der Waals surface area contributed by atoms with Crippen molar-refractivity contribution in [1.29, 1.82) is 0 Å². The Balaban J connectivity index is 1.36. The topological polar surface area (TPSA) is 107 Å². The molecule has 0 unspecified atom stereocenters. The molecule has 2 aromatic heterocycles. The van der Waals surface area contributed by atoms with E-state index in [9.17, 15) is 22.8 Å². The fourth-order valence-electron chi connectivity index (χ4n) is 4.84. The number of piperazine rings is 1. The fraction of sp³-hybridized carbons (Fsp3) is 0.440. The predicted octanol–water partition coefficient (Wildman–Crippen LogP) is 2.83. The van der Waals surface area contributed by atoms with Gasteiger partial charge in [0.25, 0.3) is 5.91 Å². The maximum atomic E-state index is 14.0. The van der Waals surface area contributed by atoms with Crippen LogP contribution < -0.4 is 20.9 Å². The number of amides is 2. The Morgan fingerprint density at radius 2 is 1.92 bits per heavy atom. The number of carbonyl (C=O) groups excluding carboxylic acids is 2. The van der Waals surface area contributed by atoms with E-state index in [-0.39, 0.29) is 28.8 Å². The van der Waals surface area contributed by atoms with Gasteiger partial charge in [0.05, 0.1) is 17.4 Å². The van der Waals surface area contributed by atoms with Crippen molar-refractivity contribution >= 4 is 34.7 Å². The second-order valence-electron chi connectivity index (χ2n) is 9.50. The van der Waals surface area contributed by atoms with E-state index in [0.29, 0.717) is 37.7 Å². The van der Waals surface area contributed by atoms with Gasteiger partial charge >= 0.3 is 6.18 Å². The minimum absolute atomic E-state index is 0.0604. The molecule has 13 heteroatoms. The van der Waals surface area contributed by atoms with E-state index < -0.39 is 17.6 Å². The second-order valence-corrected chi connectivity index (χ2v) is 9.50. The van der Waals surface area contributed by atoms with Crippen molar-refractivity contribution in [2.75, 3.05) is 54.8 Å². The molecule has 3 N–H and O–H groups in total. The van der Waals surface area contributed by atoms with Gasteiger partial charge in [-0.15, -0.1) is 0 Å². The highest BCUT2D eigenvalue weighted by Gasteiger charge is 2.35. The Kier molecular flexibility index (Phi) is 7.11. The molecule has 5 rings (SSSR count). The number of anilines is 3. The number of nitrogens with zero attached hydrogens (tertiary/aromatic N) is 5. The first-order valence-corrected chi connectivity index (χ1v) is 12.5. The maximum absolute atomic E-state index is 14.0. The van der Waals surface area contributed by atoms with Crippen LogP contribution >= 0.6 is 0 Å². The lowest BCUT2D eigenvalue weighted by molar-refractivity contribution is -0.136. The zero-order chi connectivity index (χ0) is 26.9. The number of carbonyl (C=O) groups is 2. The highest BCUT2D eigenvalue weighted by Crippen LogP contribution is 2.38. The monoisotopic (exact) mass is 530 g/mol.